The SMILES string of the molecule is CN1CC(C(N)C2CCC2)CC1=O. The van der Waals surface area contributed by atoms with Gasteiger partial charge in [-0.3, -0.25) is 4.79 Å². The van der Waals surface area contributed by atoms with Crippen LogP contribution in [0.4, 0.5) is 0 Å². The number of nitrogens with two attached hydrogens (primary N) is 1. The maximum absolute atomic E-state index is 11.3. The molecular formula is C10H18N2O. The zero-order chi connectivity index (χ0) is 9.42. The van der Waals surface area contributed by atoms with Crippen molar-refractivity contribution in [3.05, 3.63) is 0 Å². The van der Waals surface area contributed by atoms with Gasteiger partial charge in [-0.2, -0.15) is 0 Å². The van der Waals surface area contributed by atoms with Crippen LogP contribution in [-0.4, -0.2) is 30.4 Å². The highest BCUT2D eigenvalue weighted by atomic mass is 16.2. The third-order valence-corrected chi connectivity index (χ3v) is 3.61. The van der Waals surface area contributed by atoms with Gasteiger partial charge in [-0.1, -0.05) is 6.42 Å². The first kappa shape index (κ1) is 9.00. The minimum atomic E-state index is 0.264. The summed E-state index contributed by atoms with van der Waals surface area (Å²) in [6, 6.07) is 0.266. The lowest BCUT2D eigenvalue weighted by Crippen LogP contribution is -2.41. The zero-order valence-electron chi connectivity index (χ0n) is 8.20. The molecule has 2 N–H and O–H groups in total. The number of likely N-dealkylation sites (tertiary alicyclic amines) is 1. The Labute approximate surface area is 79.3 Å². The minimum Gasteiger partial charge on any atom is -0.345 e. The molecule has 0 bridgehead atoms. The molecule has 2 aliphatic rings. The van der Waals surface area contributed by atoms with Crippen molar-refractivity contribution in [3.63, 3.8) is 0 Å². The van der Waals surface area contributed by atoms with Gasteiger partial charge in [-0.15, -0.1) is 0 Å². The Morgan fingerprint density at radius 2 is 2.15 bits per heavy atom. The molecule has 1 aliphatic heterocycles. The number of rotatable bonds is 2. The quantitative estimate of drug-likeness (QED) is 0.679. The van der Waals surface area contributed by atoms with Crippen LogP contribution in [0.1, 0.15) is 25.7 Å². The zero-order valence-corrected chi connectivity index (χ0v) is 8.20. The minimum absolute atomic E-state index is 0.264. The third kappa shape index (κ3) is 1.57. The molecule has 3 nitrogen and oxygen atoms in total. The van der Waals surface area contributed by atoms with Gasteiger partial charge in [0.05, 0.1) is 0 Å². The van der Waals surface area contributed by atoms with Gasteiger partial charge in [0, 0.05) is 32.0 Å². The molecule has 2 rings (SSSR count). The Bertz CT molecular complexity index is 213. The van der Waals surface area contributed by atoms with E-state index in [1.54, 1.807) is 0 Å². The Kier molecular flexibility index (Phi) is 2.28. The number of amides is 1. The first-order valence-corrected chi connectivity index (χ1v) is 5.18. The molecule has 0 aromatic rings. The van der Waals surface area contributed by atoms with Crippen molar-refractivity contribution in [2.24, 2.45) is 17.6 Å². The average Bonchev–Trinajstić information content (AvgIpc) is 2.28. The average molecular weight is 182 g/mol. The molecule has 74 valence electrons. The second-order valence-electron chi connectivity index (χ2n) is 4.51. The van der Waals surface area contributed by atoms with Crippen LogP contribution in [0, 0.1) is 11.8 Å². The van der Waals surface area contributed by atoms with Gasteiger partial charge in [0.25, 0.3) is 0 Å². The van der Waals surface area contributed by atoms with Crippen LogP contribution < -0.4 is 5.73 Å². The van der Waals surface area contributed by atoms with Crippen molar-refractivity contribution in [2.45, 2.75) is 31.7 Å². The highest BCUT2D eigenvalue weighted by Crippen LogP contribution is 2.34. The van der Waals surface area contributed by atoms with Crippen LogP contribution in [0.3, 0.4) is 0 Å². The van der Waals surface area contributed by atoms with E-state index in [9.17, 15) is 4.79 Å². The molecule has 1 amide bonds. The number of nitrogens with zero attached hydrogens (tertiary/aromatic N) is 1. The van der Waals surface area contributed by atoms with Gasteiger partial charge >= 0.3 is 0 Å². The normalized spacial score (nSPS) is 32.0. The topological polar surface area (TPSA) is 46.3 Å². The molecule has 2 atom stereocenters. The maximum Gasteiger partial charge on any atom is 0.222 e. The summed E-state index contributed by atoms with van der Waals surface area (Å²) >= 11 is 0. The first-order chi connectivity index (χ1) is 6.18. The van der Waals surface area contributed by atoms with Crippen molar-refractivity contribution in [3.8, 4) is 0 Å². The molecule has 1 saturated heterocycles. The summed E-state index contributed by atoms with van der Waals surface area (Å²) in [5, 5.41) is 0. The smallest absolute Gasteiger partial charge is 0.222 e. The summed E-state index contributed by atoms with van der Waals surface area (Å²) in [6.07, 6.45) is 4.55. The molecule has 13 heavy (non-hydrogen) atoms. The van der Waals surface area contributed by atoms with Gasteiger partial charge < -0.3 is 10.6 Å². The predicted octanol–water partition coefficient (Wildman–Crippen LogP) is 0.592. The number of hydrogen-bond acceptors (Lipinski definition) is 2. The van der Waals surface area contributed by atoms with E-state index in [0.29, 0.717) is 18.3 Å². The molecule has 3 heteroatoms. The predicted molar refractivity (Wildman–Crippen MR) is 51.1 cm³/mol. The maximum atomic E-state index is 11.3. The lowest BCUT2D eigenvalue weighted by molar-refractivity contribution is -0.126. The fraction of sp³-hybridized carbons (Fsp3) is 0.900. The van der Waals surface area contributed by atoms with Crippen LogP contribution in [-0.2, 0) is 4.79 Å². The van der Waals surface area contributed by atoms with E-state index in [2.05, 4.69) is 0 Å². The fourth-order valence-corrected chi connectivity index (χ4v) is 2.37. The molecule has 2 unspecified atom stereocenters. The van der Waals surface area contributed by atoms with Crippen molar-refractivity contribution in [2.75, 3.05) is 13.6 Å². The van der Waals surface area contributed by atoms with E-state index >= 15 is 0 Å². The molecular weight excluding hydrogens is 164 g/mol. The third-order valence-electron chi connectivity index (χ3n) is 3.61. The van der Waals surface area contributed by atoms with E-state index in [1.807, 2.05) is 11.9 Å². The largest absolute Gasteiger partial charge is 0.345 e. The molecule has 0 spiro atoms. The Balaban J connectivity index is 1.90. The standard InChI is InChI=1S/C10H18N2O/c1-12-6-8(5-9(12)13)10(11)7-3-2-4-7/h7-8,10H,2-6,11H2,1H3. The van der Waals surface area contributed by atoms with E-state index in [0.717, 1.165) is 6.54 Å². The summed E-state index contributed by atoms with van der Waals surface area (Å²) < 4.78 is 0. The summed E-state index contributed by atoms with van der Waals surface area (Å²) in [6.45, 7) is 0.872. The van der Waals surface area contributed by atoms with E-state index in [4.69, 9.17) is 5.73 Å². The first-order valence-electron chi connectivity index (χ1n) is 5.18. The number of carbonyl (C=O) groups is 1. The Morgan fingerprint density at radius 3 is 2.54 bits per heavy atom. The van der Waals surface area contributed by atoms with Crippen LogP contribution in [0.25, 0.3) is 0 Å². The van der Waals surface area contributed by atoms with Crippen molar-refractivity contribution >= 4 is 5.91 Å². The van der Waals surface area contributed by atoms with Crippen molar-refractivity contribution in [1.82, 2.24) is 4.90 Å². The van der Waals surface area contributed by atoms with Gasteiger partial charge in [-0.05, 0) is 18.8 Å². The number of carbonyl (C=O) groups excluding carboxylic acids is 1. The van der Waals surface area contributed by atoms with Crippen molar-refractivity contribution in [1.29, 1.82) is 0 Å². The summed E-state index contributed by atoms with van der Waals surface area (Å²) in [4.78, 5) is 13.1. The fourth-order valence-electron chi connectivity index (χ4n) is 2.37. The molecule has 0 aromatic carbocycles. The highest BCUT2D eigenvalue weighted by Gasteiger charge is 2.36. The van der Waals surface area contributed by atoms with Gasteiger partial charge in [0.15, 0.2) is 0 Å². The Morgan fingerprint density at radius 1 is 1.46 bits per heavy atom. The Hall–Kier alpha value is -0.570. The molecule has 1 aliphatic carbocycles. The summed E-state index contributed by atoms with van der Waals surface area (Å²) in [7, 11) is 1.87. The van der Waals surface area contributed by atoms with Crippen LogP contribution in [0.15, 0.2) is 0 Å². The van der Waals surface area contributed by atoms with Crippen LogP contribution in [0.2, 0.25) is 0 Å². The second kappa shape index (κ2) is 3.29. The van der Waals surface area contributed by atoms with E-state index in [-0.39, 0.29) is 11.9 Å². The monoisotopic (exact) mass is 182 g/mol. The van der Waals surface area contributed by atoms with E-state index in [1.165, 1.54) is 19.3 Å². The van der Waals surface area contributed by atoms with Gasteiger partial charge in [-0.25, -0.2) is 0 Å². The summed E-state index contributed by atoms with van der Waals surface area (Å²) in [5.41, 5.74) is 6.13. The lowest BCUT2D eigenvalue weighted by atomic mass is 9.75. The van der Waals surface area contributed by atoms with Gasteiger partial charge in [0.1, 0.15) is 0 Å². The van der Waals surface area contributed by atoms with Crippen LogP contribution >= 0.6 is 0 Å². The molecule has 0 aromatic heterocycles. The number of hydrogen-bond donors (Lipinski definition) is 1. The van der Waals surface area contributed by atoms with Gasteiger partial charge in [0.2, 0.25) is 5.91 Å². The second-order valence-corrected chi connectivity index (χ2v) is 4.51. The lowest BCUT2D eigenvalue weighted by Gasteiger charge is -2.34. The van der Waals surface area contributed by atoms with Crippen molar-refractivity contribution < 1.29 is 4.79 Å². The highest BCUT2D eigenvalue weighted by molar-refractivity contribution is 5.78. The van der Waals surface area contributed by atoms with E-state index < -0.39 is 0 Å². The molecule has 2 fully saturated rings. The van der Waals surface area contributed by atoms with Crippen LogP contribution in [0.5, 0.6) is 0 Å². The molecule has 0 radical (unpaired) electrons. The molecule has 1 saturated carbocycles. The molecule has 1 heterocycles. The summed E-state index contributed by atoms with van der Waals surface area (Å²) in [5.74, 6) is 1.38.